The molecule has 2 fully saturated rings. The van der Waals surface area contributed by atoms with E-state index in [0.717, 1.165) is 24.8 Å². The molecule has 4 unspecified atom stereocenters. The summed E-state index contributed by atoms with van der Waals surface area (Å²) in [4.78, 5) is 0. The van der Waals surface area contributed by atoms with Gasteiger partial charge in [-0.1, -0.05) is 12.1 Å². The fraction of sp³-hybridized carbons (Fsp3) is 0.500. The fourth-order valence-electron chi connectivity index (χ4n) is 3.22. The van der Waals surface area contributed by atoms with E-state index in [2.05, 4.69) is 23.0 Å². The van der Waals surface area contributed by atoms with Crippen molar-refractivity contribution in [2.45, 2.75) is 37.4 Å². The van der Waals surface area contributed by atoms with Gasteiger partial charge in [0.05, 0.1) is 17.7 Å². The lowest BCUT2D eigenvalue weighted by Gasteiger charge is -2.31. The molecular weight excluding hydrogens is 224 g/mol. The first-order valence-electron chi connectivity index (χ1n) is 6.54. The standard InChI is InChI=1S/C14H18N4/c15-8-9-2-1-3-10(6-9)14-12-7-11(16)4-5-13(12)17-18-14/h1-3,6,11-14,17-18H,4-5,7,16H2. The second-order valence-corrected chi connectivity index (χ2v) is 5.35. The van der Waals surface area contributed by atoms with Crippen molar-refractivity contribution >= 4 is 0 Å². The van der Waals surface area contributed by atoms with Gasteiger partial charge >= 0.3 is 0 Å². The molecule has 1 saturated heterocycles. The maximum absolute atomic E-state index is 8.97. The average molecular weight is 242 g/mol. The SMILES string of the molecule is N#Cc1cccc(C2NNC3CCC(N)CC32)c1. The van der Waals surface area contributed by atoms with Crippen molar-refractivity contribution in [1.29, 1.82) is 5.26 Å². The van der Waals surface area contributed by atoms with Crippen LogP contribution in [0.15, 0.2) is 24.3 Å². The van der Waals surface area contributed by atoms with Gasteiger partial charge < -0.3 is 5.73 Å². The molecule has 1 saturated carbocycles. The van der Waals surface area contributed by atoms with Crippen molar-refractivity contribution in [3.05, 3.63) is 35.4 Å². The average Bonchev–Trinajstić information content (AvgIpc) is 2.81. The van der Waals surface area contributed by atoms with Crippen molar-refractivity contribution < 1.29 is 0 Å². The van der Waals surface area contributed by atoms with E-state index in [1.54, 1.807) is 0 Å². The smallest absolute Gasteiger partial charge is 0.0991 e. The van der Waals surface area contributed by atoms with Gasteiger partial charge in [-0.05, 0) is 42.9 Å². The Morgan fingerprint density at radius 1 is 1.28 bits per heavy atom. The molecule has 4 heteroatoms. The first-order chi connectivity index (χ1) is 8.78. The molecule has 0 radical (unpaired) electrons. The van der Waals surface area contributed by atoms with Crippen LogP contribution in [0.3, 0.4) is 0 Å². The summed E-state index contributed by atoms with van der Waals surface area (Å²) in [6.07, 6.45) is 3.28. The van der Waals surface area contributed by atoms with Crippen molar-refractivity contribution in [1.82, 2.24) is 10.9 Å². The van der Waals surface area contributed by atoms with Crippen LogP contribution >= 0.6 is 0 Å². The predicted octanol–water partition coefficient (Wildman–Crippen LogP) is 1.20. The number of rotatable bonds is 1. The van der Waals surface area contributed by atoms with Crippen molar-refractivity contribution in [3.8, 4) is 6.07 Å². The Balaban J connectivity index is 1.85. The highest BCUT2D eigenvalue weighted by Gasteiger charge is 2.40. The molecule has 2 aliphatic rings. The molecule has 4 nitrogen and oxygen atoms in total. The Labute approximate surface area is 107 Å². The van der Waals surface area contributed by atoms with E-state index >= 15 is 0 Å². The van der Waals surface area contributed by atoms with Crippen LogP contribution in [0.25, 0.3) is 0 Å². The molecule has 1 aromatic carbocycles. The Morgan fingerprint density at radius 2 is 2.17 bits per heavy atom. The van der Waals surface area contributed by atoms with Crippen LogP contribution in [-0.2, 0) is 0 Å². The number of hydrogen-bond donors (Lipinski definition) is 3. The summed E-state index contributed by atoms with van der Waals surface area (Å²) in [5.41, 5.74) is 14.7. The maximum Gasteiger partial charge on any atom is 0.0991 e. The molecule has 0 bridgehead atoms. The fourth-order valence-corrected chi connectivity index (χ4v) is 3.22. The molecule has 4 atom stereocenters. The molecular formula is C14H18N4. The summed E-state index contributed by atoms with van der Waals surface area (Å²) in [6.45, 7) is 0. The minimum Gasteiger partial charge on any atom is -0.328 e. The van der Waals surface area contributed by atoms with E-state index in [1.165, 1.54) is 5.56 Å². The molecule has 1 aliphatic heterocycles. The second kappa shape index (κ2) is 4.69. The van der Waals surface area contributed by atoms with E-state index < -0.39 is 0 Å². The molecule has 1 heterocycles. The van der Waals surface area contributed by atoms with Crippen molar-refractivity contribution in [3.63, 3.8) is 0 Å². The van der Waals surface area contributed by atoms with E-state index in [1.807, 2.05) is 18.2 Å². The Morgan fingerprint density at radius 3 is 3.00 bits per heavy atom. The third-order valence-electron chi connectivity index (χ3n) is 4.17. The summed E-state index contributed by atoms with van der Waals surface area (Å²) >= 11 is 0. The second-order valence-electron chi connectivity index (χ2n) is 5.35. The van der Waals surface area contributed by atoms with Gasteiger partial charge in [-0.2, -0.15) is 5.26 Å². The van der Waals surface area contributed by atoms with Crippen molar-refractivity contribution in [2.24, 2.45) is 11.7 Å². The van der Waals surface area contributed by atoms with E-state index in [9.17, 15) is 0 Å². The molecule has 3 rings (SSSR count). The summed E-state index contributed by atoms with van der Waals surface area (Å²) in [6, 6.07) is 11.2. The lowest BCUT2D eigenvalue weighted by atomic mass is 9.77. The predicted molar refractivity (Wildman–Crippen MR) is 69.3 cm³/mol. The molecule has 0 spiro atoms. The van der Waals surface area contributed by atoms with Gasteiger partial charge in [-0.25, -0.2) is 5.43 Å². The molecule has 0 amide bonds. The highest BCUT2D eigenvalue weighted by Crippen LogP contribution is 2.37. The van der Waals surface area contributed by atoms with Gasteiger partial charge in [0.15, 0.2) is 0 Å². The summed E-state index contributed by atoms with van der Waals surface area (Å²) in [7, 11) is 0. The quantitative estimate of drug-likeness (QED) is 0.692. The zero-order valence-corrected chi connectivity index (χ0v) is 10.3. The first kappa shape index (κ1) is 11.7. The van der Waals surface area contributed by atoms with Crippen LogP contribution in [0.5, 0.6) is 0 Å². The van der Waals surface area contributed by atoms with Gasteiger partial charge in [0.25, 0.3) is 0 Å². The maximum atomic E-state index is 8.97. The normalized spacial score (nSPS) is 34.9. The third kappa shape index (κ3) is 2.01. The van der Waals surface area contributed by atoms with Gasteiger partial charge in [0.1, 0.15) is 0 Å². The van der Waals surface area contributed by atoms with Crippen LogP contribution in [0, 0.1) is 17.2 Å². The minimum absolute atomic E-state index is 0.273. The molecule has 0 aromatic heterocycles. The van der Waals surface area contributed by atoms with Gasteiger partial charge in [0.2, 0.25) is 0 Å². The molecule has 18 heavy (non-hydrogen) atoms. The minimum atomic E-state index is 0.273. The first-order valence-corrected chi connectivity index (χ1v) is 6.54. The highest BCUT2D eigenvalue weighted by atomic mass is 15.4. The van der Waals surface area contributed by atoms with Crippen molar-refractivity contribution in [2.75, 3.05) is 0 Å². The number of hydrogen-bond acceptors (Lipinski definition) is 4. The van der Waals surface area contributed by atoms with Gasteiger partial charge in [0, 0.05) is 12.1 Å². The Hall–Kier alpha value is -1.41. The number of nitrogens with two attached hydrogens (primary N) is 1. The molecule has 4 N–H and O–H groups in total. The Kier molecular flexibility index (Phi) is 3.04. The molecule has 1 aliphatic carbocycles. The zero-order valence-electron chi connectivity index (χ0n) is 10.3. The lowest BCUT2D eigenvalue weighted by Crippen LogP contribution is -2.39. The molecule has 94 valence electrons. The number of benzene rings is 1. The number of nitrogens with zero attached hydrogens (tertiary/aromatic N) is 1. The topological polar surface area (TPSA) is 73.9 Å². The van der Waals surface area contributed by atoms with E-state index in [0.29, 0.717) is 18.0 Å². The number of nitriles is 1. The van der Waals surface area contributed by atoms with Gasteiger partial charge in [-0.15, -0.1) is 0 Å². The summed E-state index contributed by atoms with van der Waals surface area (Å²) in [5, 5.41) is 8.97. The van der Waals surface area contributed by atoms with Gasteiger partial charge in [-0.3, -0.25) is 5.43 Å². The number of fused-ring (bicyclic) bond motifs is 1. The van der Waals surface area contributed by atoms with E-state index in [4.69, 9.17) is 11.0 Å². The third-order valence-corrected chi connectivity index (χ3v) is 4.17. The Bertz CT molecular complexity index is 479. The van der Waals surface area contributed by atoms with Crippen LogP contribution in [0.1, 0.15) is 36.4 Å². The summed E-state index contributed by atoms with van der Waals surface area (Å²) < 4.78 is 0. The van der Waals surface area contributed by atoms with Crippen LogP contribution in [0.4, 0.5) is 0 Å². The number of nitrogens with one attached hydrogen (secondary N) is 2. The van der Waals surface area contributed by atoms with Crippen LogP contribution in [-0.4, -0.2) is 12.1 Å². The van der Waals surface area contributed by atoms with Crippen LogP contribution < -0.4 is 16.6 Å². The summed E-state index contributed by atoms with van der Waals surface area (Å²) in [5.74, 6) is 0.530. The monoisotopic (exact) mass is 242 g/mol. The zero-order chi connectivity index (χ0) is 12.5. The molecule has 1 aromatic rings. The van der Waals surface area contributed by atoms with E-state index in [-0.39, 0.29) is 6.04 Å². The largest absolute Gasteiger partial charge is 0.328 e. The highest BCUT2D eigenvalue weighted by molar-refractivity contribution is 5.35. The van der Waals surface area contributed by atoms with Crippen LogP contribution in [0.2, 0.25) is 0 Å². The number of hydrazine groups is 1. The lowest BCUT2D eigenvalue weighted by molar-refractivity contribution is 0.279.